The molecule has 0 amide bonds. The molecule has 0 radical (unpaired) electrons. The molecule has 0 fully saturated rings. The van der Waals surface area contributed by atoms with Crippen LogP contribution in [-0.2, 0) is 6.42 Å². The molecule has 0 unspecified atom stereocenters. The highest BCUT2D eigenvalue weighted by Gasteiger charge is 2.13. The fraction of sp³-hybridized carbons (Fsp3) is 0.235. The van der Waals surface area contributed by atoms with Crippen molar-refractivity contribution in [3.63, 3.8) is 0 Å². The van der Waals surface area contributed by atoms with Gasteiger partial charge in [0, 0.05) is 12.0 Å². The van der Waals surface area contributed by atoms with Crippen molar-refractivity contribution in [2.45, 2.75) is 20.3 Å². The van der Waals surface area contributed by atoms with Gasteiger partial charge in [0.1, 0.15) is 12.0 Å². The Morgan fingerprint density at radius 1 is 1.11 bits per heavy atom. The van der Waals surface area contributed by atoms with Crippen molar-refractivity contribution in [2.24, 2.45) is 0 Å². The minimum atomic E-state index is 0.769. The van der Waals surface area contributed by atoms with Crippen LogP contribution < -0.4 is 4.74 Å². The van der Waals surface area contributed by atoms with E-state index < -0.39 is 0 Å². The number of carbonyl (C=O) groups is 1. The molecule has 2 heteroatoms. The van der Waals surface area contributed by atoms with Gasteiger partial charge in [-0.25, -0.2) is 0 Å². The van der Waals surface area contributed by atoms with Gasteiger partial charge in [0.2, 0.25) is 0 Å². The van der Waals surface area contributed by atoms with Gasteiger partial charge in [-0.1, -0.05) is 12.1 Å². The molecule has 3 rings (SSSR count). The van der Waals surface area contributed by atoms with E-state index in [4.69, 9.17) is 4.74 Å². The summed E-state index contributed by atoms with van der Waals surface area (Å²) in [6.45, 7) is 4.80. The number of aryl methyl sites for hydroxylation is 1. The molecule has 96 valence electrons. The van der Waals surface area contributed by atoms with E-state index in [1.165, 1.54) is 5.56 Å². The zero-order valence-electron chi connectivity index (χ0n) is 11.2. The fourth-order valence-electron chi connectivity index (χ4n) is 2.54. The van der Waals surface area contributed by atoms with E-state index in [1.807, 2.05) is 26.0 Å². The van der Waals surface area contributed by atoms with Crippen LogP contribution in [0.25, 0.3) is 11.1 Å². The highest BCUT2D eigenvalue weighted by atomic mass is 16.5. The Morgan fingerprint density at radius 3 is 2.74 bits per heavy atom. The van der Waals surface area contributed by atoms with Gasteiger partial charge in [0.15, 0.2) is 0 Å². The molecule has 2 aromatic rings. The lowest BCUT2D eigenvalue weighted by Gasteiger charge is -2.09. The third-order valence-corrected chi connectivity index (χ3v) is 3.86. The molecule has 1 aliphatic rings. The number of hydrogen-bond donors (Lipinski definition) is 0. The van der Waals surface area contributed by atoms with E-state index in [9.17, 15) is 4.79 Å². The van der Waals surface area contributed by atoms with E-state index in [-0.39, 0.29) is 0 Å². The number of aldehydes is 1. The van der Waals surface area contributed by atoms with Crippen LogP contribution in [0.15, 0.2) is 30.3 Å². The quantitative estimate of drug-likeness (QED) is 0.761. The average Bonchev–Trinajstić information content (AvgIpc) is 2.89. The SMILES string of the molecule is Cc1cc(-c2ccc3c(c2)CCO3)cc(C=O)c1C. The Kier molecular flexibility index (Phi) is 2.86. The zero-order valence-corrected chi connectivity index (χ0v) is 11.2. The van der Waals surface area contributed by atoms with Crippen molar-refractivity contribution in [2.75, 3.05) is 6.61 Å². The first-order valence-electron chi connectivity index (χ1n) is 6.51. The summed E-state index contributed by atoms with van der Waals surface area (Å²) in [5.41, 5.74) is 6.48. The lowest BCUT2D eigenvalue weighted by atomic mass is 9.95. The molecule has 0 saturated carbocycles. The molecule has 0 atom stereocenters. The Labute approximate surface area is 113 Å². The third-order valence-electron chi connectivity index (χ3n) is 3.86. The van der Waals surface area contributed by atoms with Gasteiger partial charge in [0.05, 0.1) is 6.61 Å². The number of carbonyl (C=O) groups excluding carboxylic acids is 1. The normalized spacial score (nSPS) is 12.9. The van der Waals surface area contributed by atoms with E-state index in [0.717, 1.165) is 52.9 Å². The van der Waals surface area contributed by atoms with E-state index in [1.54, 1.807) is 0 Å². The van der Waals surface area contributed by atoms with Crippen LogP contribution in [-0.4, -0.2) is 12.9 Å². The summed E-state index contributed by atoms with van der Waals surface area (Å²) in [7, 11) is 0. The first-order chi connectivity index (χ1) is 9.19. The van der Waals surface area contributed by atoms with Crippen LogP contribution in [0.5, 0.6) is 5.75 Å². The summed E-state index contributed by atoms with van der Waals surface area (Å²) >= 11 is 0. The predicted molar refractivity (Wildman–Crippen MR) is 75.9 cm³/mol. The van der Waals surface area contributed by atoms with Gasteiger partial charge < -0.3 is 4.74 Å². The molecule has 2 nitrogen and oxygen atoms in total. The average molecular weight is 252 g/mol. The molecular weight excluding hydrogens is 236 g/mol. The fourth-order valence-corrected chi connectivity index (χ4v) is 2.54. The van der Waals surface area contributed by atoms with Crippen LogP contribution in [0, 0.1) is 13.8 Å². The van der Waals surface area contributed by atoms with Crippen LogP contribution in [0.1, 0.15) is 27.0 Å². The summed E-state index contributed by atoms with van der Waals surface area (Å²) < 4.78 is 5.52. The second-order valence-electron chi connectivity index (χ2n) is 5.05. The Balaban J connectivity index is 2.12. The molecule has 0 N–H and O–H groups in total. The molecule has 1 heterocycles. The summed E-state index contributed by atoms with van der Waals surface area (Å²) in [5, 5.41) is 0. The van der Waals surface area contributed by atoms with Crippen molar-refractivity contribution in [3.05, 3.63) is 52.6 Å². The van der Waals surface area contributed by atoms with Gasteiger partial charge >= 0.3 is 0 Å². The third kappa shape index (κ3) is 2.03. The summed E-state index contributed by atoms with van der Waals surface area (Å²) in [6, 6.07) is 10.4. The summed E-state index contributed by atoms with van der Waals surface area (Å²) in [4.78, 5) is 11.1. The number of ether oxygens (including phenoxy) is 1. The van der Waals surface area contributed by atoms with Gasteiger partial charge in [-0.3, -0.25) is 4.79 Å². The topological polar surface area (TPSA) is 26.3 Å². The maximum Gasteiger partial charge on any atom is 0.150 e. The highest BCUT2D eigenvalue weighted by molar-refractivity contribution is 5.82. The summed E-state index contributed by atoms with van der Waals surface area (Å²) in [6.07, 6.45) is 1.90. The van der Waals surface area contributed by atoms with Crippen LogP contribution >= 0.6 is 0 Å². The largest absolute Gasteiger partial charge is 0.493 e. The first kappa shape index (κ1) is 12.0. The number of fused-ring (bicyclic) bond motifs is 1. The van der Waals surface area contributed by atoms with E-state index >= 15 is 0 Å². The minimum absolute atomic E-state index is 0.769. The molecule has 19 heavy (non-hydrogen) atoms. The van der Waals surface area contributed by atoms with Gasteiger partial charge in [-0.15, -0.1) is 0 Å². The molecular formula is C17H16O2. The Hall–Kier alpha value is -2.09. The molecule has 1 aliphatic heterocycles. The first-order valence-corrected chi connectivity index (χ1v) is 6.51. The van der Waals surface area contributed by atoms with Gasteiger partial charge in [-0.05, 0) is 59.9 Å². The zero-order chi connectivity index (χ0) is 13.4. The van der Waals surface area contributed by atoms with Gasteiger partial charge in [0.25, 0.3) is 0 Å². The van der Waals surface area contributed by atoms with Crippen LogP contribution in [0.4, 0.5) is 0 Å². The smallest absolute Gasteiger partial charge is 0.150 e. The second-order valence-corrected chi connectivity index (χ2v) is 5.05. The van der Waals surface area contributed by atoms with E-state index in [2.05, 4.69) is 18.2 Å². The summed E-state index contributed by atoms with van der Waals surface area (Å²) in [5.74, 6) is 0.989. The monoisotopic (exact) mass is 252 g/mol. The minimum Gasteiger partial charge on any atom is -0.493 e. The Bertz CT molecular complexity index is 657. The van der Waals surface area contributed by atoms with Crippen molar-refractivity contribution < 1.29 is 9.53 Å². The van der Waals surface area contributed by atoms with Crippen molar-refractivity contribution in [3.8, 4) is 16.9 Å². The van der Waals surface area contributed by atoms with Crippen molar-refractivity contribution in [1.82, 2.24) is 0 Å². The maximum atomic E-state index is 11.1. The standard InChI is InChI=1S/C17H16O2/c1-11-7-15(9-16(10-18)12(11)2)13-3-4-17-14(8-13)5-6-19-17/h3-4,7-10H,5-6H2,1-2H3. The number of rotatable bonds is 2. The van der Waals surface area contributed by atoms with E-state index in [0.29, 0.717) is 0 Å². The predicted octanol–water partition coefficient (Wildman–Crippen LogP) is 3.72. The second kappa shape index (κ2) is 4.54. The highest BCUT2D eigenvalue weighted by Crippen LogP contribution is 2.31. The van der Waals surface area contributed by atoms with Crippen molar-refractivity contribution in [1.29, 1.82) is 0 Å². The molecule has 0 bridgehead atoms. The van der Waals surface area contributed by atoms with Gasteiger partial charge in [-0.2, -0.15) is 0 Å². The lowest BCUT2D eigenvalue weighted by Crippen LogP contribution is -1.92. The lowest BCUT2D eigenvalue weighted by molar-refractivity contribution is 0.112. The molecule has 0 aromatic heterocycles. The molecule has 0 aliphatic carbocycles. The van der Waals surface area contributed by atoms with Crippen molar-refractivity contribution >= 4 is 6.29 Å². The Morgan fingerprint density at radius 2 is 1.95 bits per heavy atom. The van der Waals surface area contributed by atoms with Crippen LogP contribution in [0.2, 0.25) is 0 Å². The number of benzene rings is 2. The molecule has 0 saturated heterocycles. The molecule has 0 spiro atoms. The number of hydrogen-bond acceptors (Lipinski definition) is 2. The van der Waals surface area contributed by atoms with Crippen LogP contribution in [0.3, 0.4) is 0 Å². The maximum absolute atomic E-state index is 11.1. The molecule has 2 aromatic carbocycles.